The fourth-order valence-electron chi connectivity index (χ4n) is 4.23. The molecule has 3 rings (SSSR count). The summed E-state index contributed by atoms with van der Waals surface area (Å²) in [6.45, 7) is -16.0. The molecule has 0 radical (unpaired) electrons. The van der Waals surface area contributed by atoms with E-state index in [1.807, 2.05) is 0 Å². The van der Waals surface area contributed by atoms with Crippen LogP contribution in [-0.2, 0) is 40.1 Å². The van der Waals surface area contributed by atoms with Crippen LogP contribution in [0.1, 0.15) is 33.4 Å². The molecule has 0 spiro atoms. The third kappa shape index (κ3) is 9.40. The van der Waals surface area contributed by atoms with Gasteiger partial charge in [0.15, 0.2) is 40.0 Å². The zero-order valence-corrected chi connectivity index (χ0v) is 26.7. The maximum absolute atomic E-state index is 14.7. The van der Waals surface area contributed by atoms with E-state index in [4.69, 9.17) is 13.6 Å². The third-order valence-corrected chi connectivity index (χ3v) is 8.29. The van der Waals surface area contributed by atoms with Crippen LogP contribution in [0.3, 0.4) is 0 Å². The van der Waals surface area contributed by atoms with Gasteiger partial charge in [0.1, 0.15) is 17.2 Å². The van der Waals surface area contributed by atoms with Gasteiger partial charge in [-0.2, -0.15) is 57.3 Å². The topological polar surface area (TPSA) is 44.8 Å². The van der Waals surface area contributed by atoms with Crippen molar-refractivity contribution in [1.29, 1.82) is 0 Å². The lowest BCUT2D eigenvalue weighted by molar-refractivity contribution is -0.0356. The van der Waals surface area contributed by atoms with Gasteiger partial charge in [-0.3, -0.25) is 0 Å². The SMILES string of the molecule is O=P(Oc1ccc(C(F)(F)CF)cc1C(F)(F)CF)(Oc1ccc(C(F)(F)CF)cc1C(F)(F)CF)Oc1ccc(C(F)(F)CF)cc1C(F)(F)CF. The monoisotopic (exact) mass is 818 g/mol. The van der Waals surface area contributed by atoms with Crippen LogP contribution in [0, 0.1) is 0 Å². The molecule has 0 amide bonds. The third-order valence-electron chi connectivity index (χ3n) is 7.03. The Bertz CT molecular complexity index is 1600. The molecular formula is C30H21F18O4P. The van der Waals surface area contributed by atoms with Crippen molar-refractivity contribution in [1.82, 2.24) is 0 Å². The second kappa shape index (κ2) is 15.4. The summed E-state index contributed by atoms with van der Waals surface area (Å²) in [7, 11) is -6.55. The first-order valence-corrected chi connectivity index (χ1v) is 15.5. The maximum Gasteiger partial charge on any atom is 0.647 e. The lowest BCUT2D eigenvalue weighted by Gasteiger charge is -2.27. The van der Waals surface area contributed by atoms with Crippen molar-refractivity contribution < 1.29 is 97.2 Å². The van der Waals surface area contributed by atoms with Gasteiger partial charge >= 0.3 is 43.4 Å². The highest BCUT2D eigenvalue weighted by molar-refractivity contribution is 7.49. The van der Waals surface area contributed by atoms with Crippen molar-refractivity contribution in [2.24, 2.45) is 0 Å². The highest BCUT2D eigenvalue weighted by atomic mass is 31.2. The van der Waals surface area contributed by atoms with E-state index in [1.165, 1.54) is 0 Å². The largest absolute Gasteiger partial charge is 0.647 e. The standard InChI is InChI=1S/C30H21F18O4P/c31-10-25(37,38)16-1-4-22(19(7-16)28(43,44)13-34)50-53(49,51-23-5-2-17(26(39,40)11-32)8-20(23)29(45,46)14-35)52-24-6-3-18(27(41,42)12-33)9-21(24)30(47,48)15-36/h1-9H,10-15H2. The first-order valence-electron chi connectivity index (χ1n) is 14.0. The molecule has 0 unspecified atom stereocenters. The average Bonchev–Trinajstić information content (AvgIpc) is 3.11. The summed E-state index contributed by atoms with van der Waals surface area (Å²) in [5.41, 5.74) is -11.0. The van der Waals surface area contributed by atoms with E-state index in [-0.39, 0.29) is 54.6 Å². The zero-order chi connectivity index (χ0) is 40.4. The van der Waals surface area contributed by atoms with Crippen molar-refractivity contribution >= 4 is 7.82 Å². The van der Waals surface area contributed by atoms with Gasteiger partial charge in [-0.15, -0.1) is 0 Å². The van der Waals surface area contributed by atoms with Gasteiger partial charge < -0.3 is 13.6 Å². The van der Waals surface area contributed by atoms with Crippen molar-refractivity contribution in [2.45, 2.75) is 35.5 Å². The fourth-order valence-corrected chi connectivity index (χ4v) is 5.55. The number of rotatable bonds is 18. The predicted molar refractivity (Wildman–Crippen MR) is 148 cm³/mol. The van der Waals surface area contributed by atoms with Gasteiger partial charge in [-0.25, -0.2) is 26.3 Å². The summed E-state index contributed by atoms with van der Waals surface area (Å²) in [5, 5.41) is 0. The summed E-state index contributed by atoms with van der Waals surface area (Å²) in [6.07, 6.45) is 0. The van der Waals surface area contributed by atoms with Gasteiger partial charge in [0.25, 0.3) is 0 Å². The normalized spacial score (nSPS) is 13.6. The van der Waals surface area contributed by atoms with Crippen molar-refractivity contribution in [2.75, 3.05) is 40.0 Å². The van der Waals surface area contributed by atoms with Crippen LogP contribution < -0.4 is 13.6 Å². The molecule has 3 aromatic rings. The van der Waals surface area contributed by atoms with Crippen molar-refractivity contribution in [3.63, 3.8) is 0 Å². The predicted octanol–water partition coefficient (Wildman–Crippen LogP) is 11.7. The van der Waals surface area contributed by atoms with Gasteiger partial charge in [0.05, 0.1) is 16.7 Å². The second-order valence-electron chi connectivity index (χ2n) is 10.9. The Morgan fingerprint density at radius 1 is 0.377 bits per heavy atom. The maximum atomic E-state index is 14.7. The number of hydrogen-bond acceptors (Lipinski definition) is 4. The van der Waals surface area contributed by atoms with Crippen LogP contribution in [0.5, 0.6) is 17.2 Å². The van der Waals surface area contributed by atoms with E-state index in [0.717, 1.165) is 0 Å². The van der Waals surface area contributed by atoms with Crippen molar-refractivity contribution in [3.8, 4) is 17.2 Å². The highest BCUT2D eigenvalue weighted by Crippen LogP contribution is 2.56. The molecule has 4 nitrogen and oxygen atoms in total. The quantitative estimate of drug-likeness (QED) is 0.0947. The molecule has 23 heteroatoms. The molecule has 0 aromatic heterocycles. The van der Waals surface area contributed by atoms with Crippen LogP contribution in [0.4, 0.5) is 79.0 Å². The molecule has 0 aliphatic carbocycles. The Hall–Kier alpha value is -3.97. The smallest absolute Gasteiger partial charge is 0.385 e. The molecular weight excluding hydrogens is 797 g/mol. The lowest BCUT2D eigenvalue weighted by atomic mass is 10.0. The van der Waals surface area contributed by atoms with Crippen LogP contribution >= 0.6 is 7.82 Å². The first-order chi connectivity index (χ1) is 24.3. The van der Waals surface area contributed by atoms with Gasteiger partial charge in [0.2, 0.25) is 0 Å². The molecule has 0 saturated carbocycles. The van der Waals surface area contributed by atoms with Gasteiger partial charge in [-0.1, -0.05) is 0 Å². The minimum atomic E-state index is -6.55. The van der Waals surface area contributed by atoms with E-state index in [0.29, 0.717) is 0 Å². The van der Waals surface area contributed by atoms with Crippen molar-refractivity contribution in [3.05, 3.63) is 88.0 Å². The summed E-state index contributed by atoms with van der Waals surface area (Å²) in [6, 6.07) is -0.717. The van der Waals surface area contributed by atoms with Crippen LogP contribution in [0.15, 0.2) is 54.6 Å². The molecule has 0 aliphatic heterocycles. The minimum absolute atomic E-state index is 0.0128. The second-order valence-corrected chi connectivity index (χ2v) is 12.3. The van der Waals surface area contributed by atoms with Crippen LogP contribution in [-0.4, -0.2) is 40.0 Å². The minimum Gasteiger partial charge on any atom is -0.385 e. The zero-order valence-electron chi connectivity index (χ0n) is 25.8. The lowest BCUT2D eigenvalue weighted by Crippen LogP contribution is -2.24. The Morgan fingerprint density at radius 3 is 0.774 bits per heavy atom. The molecule has 53 heavy (non-hydrogen) atoms. The average molecular weight is 818 g/mol. The van der Waals surface area contributed by atoms with Gasteiger partial charge in [0, 0.05) is 16.7 Å². The Kier molecular flexibility index (Phi) is 12.6. The number of hydrogen-bond donors (Lipinski definition) is 0. The Morgan fingerprint density at radius 2 is 0.585 bits per heavy atom. The number of phosphoric acid groups is 1. The Balaban J connectivity index is 2.40. The summed E-state index contributed by atoms with van der Waals surface area (Å²) < 4.78 is 280. The molecule has 0 atom stereocenters. The molecule has 0 aliphatic rings. The summed E-state index contributed by atoms with van der Waals surface area (Å²) in [4.78, 5) is 0. The molecule has 0 bridgehead atoms. The van der Waals surface area contributed by atoms with E-state index in [2.05, 4.69) is 0 Å². The first kappa shape index (κ1) is 43.4. The summed E-state index contributed by atoms with van der Waals surface area (Å²) >= 11 is 0. The molecule has 0 fully saturated rings. The number of halogens is 18. The van der Waals surface area contributed by atoms with E-state index < -0.39 is 134 Å². The summed E-state index contributed by atoms with van der Waals surface area (Å²) in [5.74, 6) is -33.9. The van der Waals surface area contributed by atoms with E-state index in [1.54, 1.807) is 0 Å². The molecule has 3 aromatic carbocycles. The Labute approximate surface area is 286 Å². The fraction of sp³-hybridized carbons (Fsp3) is 0.400. The molecule has 0 N–H and O–H groups in total. The van der Waals surface area contributed by atoms with E-state index >= 15 is 0 Å². The highest BCUT2D eigenvalue weighted by Gasteiger charge is 2.47. The number of benzene rings is 3. The van der Waals surface area contributed by atoms with Crippen LogP contribution in [0.2, 0.25) is 0 Å². The number of alkyl halides is 18. The van der Waals surface area contributed by atoms with Crippen LogP contribution in [0.25, 0.3) is 0 Å². The van der Waals surface area contributed by atoms with E-state index in [9.17, 15) is 83.6 Å². The number of phosphoric ester groups is 1. The molecule has 0 saturated heterocycles. The molecule has 296 valence electrons. The molecule has 0 heterocycles. The van der Waals surface area contributed by atoms with Gasteiger partial charge in [-0.05, 0) is 54.6 Å².